The highest BCUT2D eigenvalue weighted by atomic mass is 16.5. The standard InChI is InChI=1S/C14H17N3O2/c1-4-19-14(18)12-13(15)17(8-16-12)11-7-9(2)5-6-10(11)3/h5-8H,4,15H2,1-3H3. The number of esters is 1. The van der Waals surface area contributed by atoms with Crippen molar-refractivity contribution in [3.05, 3.63) is 41.3 Å². The van der Waals surface area contributed by atoms with Crippen LogP contribution in [-0.2, 0) is 4.74 Å². The van der Waals surface area contributed by atoms with Gasteiger partial charge in [-0.15, -0.1) is 0 Å². The van der Waals surface area contributed by atoms with Gasteiger partial charge in [-0.2, -0.15) is 0 Å². The van der Waals surface area contributed by atoms with Crippen LogP contribution < -0.4 is 5.73 Å². The summed E-state index contributed by atoms with van der Waals surface area (Å²) in [6.07, 6.45) is 1.54. The lowest BCUT2D eigenvalue weighted by Gasteiger charge is -2.10. The van der Waals surface area contributed by atoms with Gasteiger partial charge in [0.2, 0.25) is 0 Å². The number of rotatable bonds is 3. The van der Waals surface area contributed by atoms with E-state index in [1.165, 1.54) is 0 Å². The minimum absolute atomic E-state index is 0.155. The van der Waals surface area contributed by atoms with Crippen LogP contribution in [0.4, 0.5) is 5.82 Å². The van der Waals surface area contributed by atoms with E-state index in [0.717, 1.165) is 16.8 Å². The van der Waals surface area contributed by atoms with Gasteiger partial charge >= 0.3 is 5.97 Å². The minimum Gasteiger partial charge on any atom is -0.461 e. The van der Waals surface area contributed by atoms with Crippen LogP contribution in [0.3, 0.4) is 0 Å². The van der Waals surface area contributed by atoms with Crippen molar-refractivity contribution in [1.82, 2.24) is 9.55 Å². The van der Waals surface area contributed by atoms with Crippen molar-refractivity contribution < 1.29 is 9.53 Å². The molecule has 0 fully saturated rings. The molecule has 0 amide bonds. The van der Waals surface area contributed by atoms with E-state index < -0.39 is 5.97 Å². The monoisotopic (exact) mass is 259 g/mol. The van der Waals surface area contributed by atoms with Crippen LogP contribution in [0, 0.1) is 13.8 Å². The lowest BCUT2D eigenvalue weighted by molar-refractivity contribution is 0.0521. The highest BCUT2D eigenvalue weighted by molar-refractivity contribution is 5.92. The average molecular weight is 259 g/mol. The number of ether oxygens (including phenoxy) is 1. The Hall–Kier alpha value is -2.30. The highest BCUT2D eigenvalue weighted by Gasteiger charge is 2.18. The first-order valence-corrected chi connectivity index (χ1v) is 6.12. The summed E-state index contributed by atoms with van der Waals surface area (Å²) in [6, 6.07) is 6.04. The summed E-state index contributed by atoms with van der Waals surface area (Å²) >= 11 is 0. The molecule has 0 atom stereocenters. The second-order valence-electron chi connectivity index (χ2n) is 4.36. The first-order chi connectivity index (χ1) is 9.04. The lowest BCUT2D eigenvalue weighted by atomic mass is 10.1. The normalized spacial score (nSPS) is 10.5. The Kier molecular flexibility index (Phi) is 3.55. The molecule has 100 valence electrons. The summed E-state index contributed by atoms with van der Waals surface area (Å²) in [5, 5.41) is 0. The van der Waals surface area contributed by atoms with Gasteiger partial charge in [0.25, 0.3) is 0 Å². The summed E-state index contributed by atoms with van der Waals surface area (Å²) in [6.45, 7) is 6.03. The van der Waals surface area contributed by atoms with Crippen LogP contribution in [0.25, 0.3) is 5.69 Å². The molecule has 2 aromatic rings. The van der Waals surface area contributed by atoms with Gasteiger partial charge in [0, 0.05) is 0 Å². The first-order valence-electron chi connectivity index (χ1n) is 6.12. The third-order valence-electron chi connectivity index (χ3n) is 2.90. The van der Waals surface area contributed by atoms with E-state index in [9.17, 15) is 4.79 Å². The van der Waals surface area contributed by atoms with Gasteiger partial charge in [-0.1, -0.05) is 12.1 Å². The van der Waals surface area contributed by atoms with Gasteiger partial charge in [-0.25, -0.2) is 9.78 Å². The zero-order valence-electron chi connectivity index (χ0n) is 11.3. The predicted molar refractivity (Wildman–Crippen MR) is 73.4 cm³/mol. The van der Waals surface area contributed by atoms with E-state index in [0.29, 0.717) is 12.4 Å². The highest BCUT2D eigenvalue weighted by Crippen LogP contribution is 2.21. The summed E-state index contributed by atoms with van der Waals surface area (Å²) < 4.78 is 6.62. The fraction of sp³-hybridized carbons (Fsp3) is 0.286. The van der Waals surface area contributed by atoms with Gasteiger partial charge in [-0.05, 0) is 38.0 Å². The second kappa shape index (κ2) is 5.14. The maximum atomic E-state index is 11.7. The molecule has 1 heterocycles. The van der Waals surface area contributed by atoms with Crippen molar-refractivity contribution in [3.63, 3.8) is 0 Å². The fourth-order valence-electron chi connectivity index (χ4n) is 1.89. The van der Waals surface area contributed by atoms with Gasteiger partial charge < -0.3 is 10.5 Å². The molecule has 0 radical (unpaired) electrons. The molecular weight excluding hydrogens is 242 g/mol. The average Bonchev–Trinajstić information content (AvgIpc) is 2.74. The second-order valence-corrected chi connectivity index (χ2v) is 4.36. The zero-order valence-corrected chi connectivity index (χ0v) is 11.3. The molecule has 0 aliphatic rings. The molecule has 0 aliphatic carbocycles. The topological polar surface area (TPSA) is 70.1 Å². The molecule has 2 N–H and O–H groups in total. The van der Waals surface area contributed by atoms with E-state index in [2.05, 4.69) is 4.98 Å². The maximum Gasteiger partial charge on any atom is 0.360 e. The Labute approximate surface area is 112 Å². The first kappa shape index (κ1) is 13.1. The van der Waals surface area contributed by atoms with Crippen LogP contribution in [0.15, 0.2) is 24.5 Å². The number of benzene rings is 1. The smallest absolute Gasteiger partial charge is 0.360 e. The summed E-state index contributed by atoms with van der Waals surface area (Å²) in [7, 11) is 0. The molecule has 2 rings (SSSR count). The Balaban J connectivity index is 2.47. The predicted octanol–water partition coefficient (Wildman–Crippen LogP) is 2.25. The van der Waals surface area contributed by atoms with Gasteiger partial charge in [0.1, 0.15) is 12.1 Å². The molecule has 1 aromatic heterocycles. The van der Waals surface area contributed by atoms with Crippen molar-refractivity contribution in [2.24, 2.45) is 0 Å². The Morgan fingerprint density at radius 2 is 2.16 bits per heavy atom. The number of nitrogens with two attached hydrogens (primary N) is 1. The Bertz CT molecular complexity index is 617. The fourth-order valence-corrected chi connectivity index (χ4v) is 1.89. The van der Waals surface area contributed by atoms with Crippen molar-refractivity contribution in [3.8, 4) is 5.69 Å². The number of imidazole rings is 1. The molecule has 5 heteroatoms. The van der Waals surface area contributed by atoms with Crippen molar-refractivity contribution in [1.29, 1.82) is 0 Å². The number of nitrogen functional groups attached to an aromatic ring is 1. The van der Waals surface area contributed by atoms with Crippen molar-refractivity contribution in [2.45, 2.75) is 20.8 Å². The van der Waals surface area contributed by atoms with E-state index in [1.807, 2.05) is 32.0 Å². The Morgan fingerprint density at radius 3 is 2.84 bits per heavy atom. The molecular formula is C14H17N3O2. The zero-order chi connectivity index (χ0) is 14.0. The maximum absolute atomic E-state index is 11.7. The third kappa shape index (κ3) is 2.45. The third-order valence-corrected chi connectivity index (χ3v) is 2.90. The minimum atomic E-state index is -0.496. The number of anilines is 1. The molecule has 0 saturated heterocycles. The van der Waals surface area contributed by atoms with Crippen LogP contribution in [-0.4, -0.2) is 22.1 Å². The molecule has 19 heavy (non-hydrogen) atoms. The largest absolute Gasteiger partial charge is 0.461 e. The van der Waals surface area contributed by atoms with Crippen molar-refractivity contribution >= 4 is 11.8 Å². The van der Waals surface area contributed by atoms with Gasteiger partial charge in [0.05, 0.1) is 12.3 Å². The van der Waals surface area contributed by atoms with E-state index in [4.69, 9.17) is 10.5 Å². The molecule has 0 aliphatic heterocycles. The van der Waals surface area contributed by atoms with Gasteiger partial charge in [-0.3, -0.25) is 4.57 Å². The summed E-state index contributed by atoms with van der Waals surface area (Å²) in [5.41, 5.74) is 9.23. The lowest BCUT2D eigenvalue weighted by Crippen LogP contribution is -2.09. The molecule has 1 aromatic carbocycles. The SMILES string of the molecule is CCOC(=O)c1ncn(-c2cc(C)ccc2C)c1N. The van der Waals surface area contributed by atoms with E-state index in [-0.39, 0.29) is 5.69 Å². The number of aromatic nitrogens is 2. The van der Waals surface area contributed by atoms with Crippen LogP contribution in [0.5, 0.6) is 0 Å². The number of carbonyl (C=O) groups excluding carboxylic acids is 1. The van der Waals surface area contributed by atoms with E-state index in [1.54, 1.807) is 17.8 Å². The molecule has 0 saturated carbocycles. The van der Waals surface area contributed by atoms with E-state index >= 15 is 0 Å². The number of aryl methyl sites for hydroxylation is 2. The van der Waals surface area contributed by atoms with Crippen LogP contribution >= 0.6 is 0 Å². The van der Waals surface area contributed by atoms with Crippen LogP contribution in [0.1, 0.15) is 28.5 Å². The molecule has 0 unspecified atom stereocenters. The Morgan fingerprint density at radius 1 is 1.42 bits per heavy atom. The molecule has 5 nitrogen and oxygen atoms in total. The molecule has 0 spiro atoms. The summed E-state index contributed by atoms with van der Waals surface area (Å²) in [5.74, 6) is -0.198. The van der Waals surface area contributed by atoms with Gasteiger partial charge in [0.15, 0.2) is 5.69 Å². The number of nitrogens with zero attached hydrogens (tertiary/aromatic N) is 2. The summed E-state index contributed by atoms with van der Waals surface area (Å²) in [4.78, 5) is 15.7. The van der Waals surface area contributed by atoms with Crippen molar-refractivity contribution in [2.75, 3.05) is 12.3 Å². The molecule has 0 bridgehead atoms. The quantitative estimate of drug-likeness (QED) is 0.858. The number of hydrogen-bond donors (Lipinski definition) is 1. The number of hydrogen-bond acceptors (Lipinski definition) is 4. The van der Waals surface area contributed by atoms with Crippen LogP contribution in [0.2, 0.25) is 0 Å². The number of carbonyl (C=O) groups is 1.